The SMILES string of the molecule is COc1ccccc1NS(=O)(=O)c1cccc(C(=O)N/N=C\c2cc3c(cc2[N+](=O)[O-])OCO3)c1. The van der Waals surface area contributed by atoms with Crippen molar-refractivity contribution in [2.24, 2.45) is 5.10 Å². The van der Waals surface area contributed by atoms with E-state index in [0.717, 1.165) is 6.21 Å². The maximum atomic E-state index is 12.8. The van der Waals surface area contributed by atoms with Crippen molar-refractivity contribution in [1.82, 2.24) is 5.43 Å². The number of carbonyl (C=O) groups is 1. The molecule has 1 amide bonds. The molecule has 4 rings (SSSR count). The number of sulfonamides is 1. The number of nitro groups is 1. The molecule has 13 heteroatoms. The van der Waals surface area contributed by atoms with Gasteiger partial charge in [-0.1, -0.05) is 18.2 Å². The molecule has 1 aliphatic heterocycles. The van der Waals surface area contributed by atoms with Gasteiger partial charge in [-0.2, -0.15) is 5.10 Å². The van der Waals surface area contributed by atoms with E-state index in [1.54, 1.807) is 18.2 Å². The van der Waals surface area contributed by atoms with Crippen molar-refractivity contribution in [3.05, 3.63) is 81.9 Å². The monoisotopic (exact) mass is 498 g/mol. The smallest absolute Gasteiger partial charge is 0.282 e. The average Bonchev–Trinajstić information content (AvgIpc) is 3.31. The third-order valence-electron chi connectivity index (χ3n) is 4.85. The third kappa shape index (κ3) is 5.14. The molecule has 12 nitrogen and oxygen atoms in total. The maximum Gasteiger partial charge on any atom is 0.282 e. The van der Waals surface area contributed by atoms with Crippen LogP contribution >= 0.6 is 0 Å². The summed E-state index contributed by atoms with van der Waals surface area (Å²) in [6, 6.07) is 14.4. The van der Waals surface area contributed by atoms with E-state index in [-0.39, 0.29) is 39.9 Å². The molecular weight excluding hydrogens is 480 g/mol. The fourth-order valence-electron chi connectivity index (χ4n) is 3.17. The molecule has 180 valence electrons. The molecule has 0 unspecified atom stereocenters. The van der Waals surface area contributed by atoms with E-state index in [0.29, 0.717) is 11.5 Å². The first-order valence-electron chi connectivity index (χ1n) is 9.96. The van der Waals surface area contributed by atoms with E-state index in [1.807, 2.05) is 0 Å². The number of hydrogen-bond acceptors (Lipinski definition) is 9. The molecule has 0 atom stereocenters. The van der Waals surface area contributed by atoms with Crippen LogP contribution in [0.5, 0.6) is 17.2 Å². The van der Waals surface area contributed by atoms with E-state index in [4.69, 9.17) is 14.2 Å². The number of nitrogens with one attached hydrogen (secondary N) is 2. The number of ether oxygens (including phenoxy) is 3. The van der Waals surface area contributed by atoms with Crippen molar-refractivity contribution >= 4 is 33.5 Å². The number of hydrazone groups is 1. The van der Waals surface area contributed by atoms with E-state index >= 15 is 0 Å². The summed E-state index contributed by atoms with van der Waals surface area (Å²) in [5.41, 5.74) is 2.26. The minimum Gasteiger partial charge on any atom is -0.495 e. The van der Waals surface area contributed by atoms with Crippen LogP contribution < -0.4 is 24.4 Å². The van der Waals surface area contributed by atoms with Crippen LogP contribution in [-0.4, -0.2) is 39.4 Å². The number of benzene rings is 3. The summed E-state index contributed by atoms with van der Waals surface area (Å²) in [6.07, 6.45) is 1.09. The lowest BCUT2D eigenvalue weighted by molar-refractivity contribution is -0.385. The number of rotatable bonds is 8. The molecular formula is C22H18N4O8S. The minimum absolute atomic E-state index is 0.00485. The standard InChI is InChI=1S/C22H18N4O8S/c1-32-19-8-3-2-7-17(19)25-35(30,31)16-6-4-5-14(9-16)22(27)24-23-12-15-10-20-21(34-13-33-20)11-18(15)26(28)29/h2-12,25H,13H2,1H3,(H,24,27)/b23-12-. The molecule has 0 aromatic heterocycles. The molecule has 0 spiro atoms. The Morgan fingerprint density at radius 3 is 2.60 bits per heavy atom. The molecule has 0 saturated heterocycles. The van der Waals surface area contributed by atoms with E-state index < -0.39 is 20.9 Å². The summed E-state index contributed by atoms with van der Waals surface area (Å²) in [5.74, 6) is 0.150. The van der Waals surface area contributed by atoms with E-state index in [1.165, 1.54) is 49.6 Å². The van der Waals surface area contributed by atoms with Crippen molar-refractivity contribution in [3.63, 3.8) is 0 Å². The Morgan fingerprint density at radius 2 is 1.86 bits per heavy atom. The summed E-state index contributed by atoms with van der Waals surface area (Å²) in [5, 5.41) is 15.1. The highest BCUT2D eigenvalue weighted by Gasteiger charge is 2.23. The summed E-state index contributed by atoms with van der Waals surface area (Å²) in [6.45, 7) is -0.0605. The second-order valence-corrected chi connectivity index (χ2v) is 8.74. The number of nitro benzene ring substituents is 1. The van der Waals surface area contributed by atoms with Gasteiger partial charge < -0.3 is 14.2 Å². The molecule has 0 saturated carbocycles. The second kappa shape index (κ2) is 9.69. The van der Waals surface area contributed by atoms with Crippen LogP contribution in [-0.2, 0) is 10.0 Å². The zero-order valence-corrected chi connectivity index (χ0v) is 18.9. The largest absolute Gasteiger partial charge is 0.495 e. The fourth-order valence-corrected chi connectivity index (χ4v) is 4.29. The van der Waals surface area contributed by atoms with Gasteiger partial charge in [0.25, 0.3) is 21.6 Å². The highest BCUT2D eigenvalue weighted by molar-refractivity contribution is 7.92. The maximum absolute atomic E-state index is 12.8. The van der Waals surface area contributed by atoms with E-state index in [2.05, 4.69) is 15.2 Å². The Morgan fingerprint density at radius 1 is 1.11 bits per heavy atom. The number of hydrogen-bond donors (Lipinski definition) is 2. The Hall–Kier alpha value is -4.65. The highest BCUT2D eigenvalue weighted by atomic mass is 32.2. The summed E-state index contributed by atoms with van der Waals surface area (Å²) >= 11 is 0. The van der Waals surface area contributed by atoms with Crippen LogP contribution in [0.1, 0.15) is 15.9 Å². The molecule has 1 aliphatic rings. The van der Waals surface area contributed by atoms with Gasteiger partial charge in [-0.15, -0.1) is 0 Å². The molecule has 1 heterocycles. The highest BCUT2D eigenvalue weighted by Crippen LogP contribution is 2.37. The minimum atomic E-state index is -4.04. The molecule has 3 aromatic rings. The Kier molecular flexibility index (Phi) is 6.51. The number of amides is 1. The number of anilines is 1. The number of para-hydroxylation sites is 2. The first kappa shape index (κ1) is 23.5. The van der Waals surface area contributed by atoms with Crippen molar-refractivity contribution < 1.29 is 32.3 Å². The molecule has 0 bridgehead atoms. The average molecular weight is 498 g/mol. The summed E-state index contributed by atoms with van der Waals surface area (Å²) in [4.78, 5) is 23.1. The first-order valence-corrected chi connectivity index (χ1v) is 11.4. The number of methoxy groups -OCH3 is 1. The quantitative estimate of drug-likeness (QED) is 0.272. The summed E-state index contributed by atoms with van der Waals surface area (Å²) in [7, 11) is -2.62. The molecule has 35 heavy (non-hydrogen) atoms. The zero-order chi connectivity index (χ0) is 25.0. The van der Waals surface area contributed by atoms with Gasteiger partial charge in [-0.3, -0.25) is 19.6 Å². The van der Waals surface area contributed by atoms with Crippen molar-refractivity contribution in [2.75, 3.05) is 18.6 Å². The van der Waals surface area contributed by atoms with Crippen molar-refractivity contribution in [3.8, 4) is 17.2 Å². The normalized spacial score (nSPS) is 12.4. The topological polar surface area (TPSA) is 158 Å². The predicted molar refractivity (Wildman–Crippen MR) is 125 cm³/mol. The van der Waals surface area contributed by atoms with Gasteiger partial charge in [-0.05, 0) is 36.4 Å². The number of nitrogens with zero attached hydrogens (tertiary/aromatic N) is 2. The third-order valence-corrected chi connectivity index (χ3v) is 6.21. The van der Waals surface area contributed by atoms with Crippen LogP contribution in [0.3, 0.4) is 0 Å². The van der Waals surface area contributed by atoms with Crippen LogP contribution in [0.4, 0.5) is 11.4 Å². The van der Waals surface area contributed by atoms with Gasteiger partial charge in [0.2, 0.25) is 6.79 Å². The van der Waals surface area contributed by atoms with Gasteiger partial charge in [0.15, 0.2) is 11.5 Å². The van der Waals surface area contributed by atoms with Crippen LogP contribution in [0.2, 0.25) is 0 Å². The first-order chi connectivity index (χ1) is 16.8. The lowest BCUT2D eigenvalue weighted by atomic mass is 10.1. The number of fused-ring (bicyclic) bond motifs is 1. The van der Waals surface area contributed by atoms with Crippen molar-refractivity contribution in [1.29, 1.82) is 0 Å². The Balaban J connectivity index is 1.51. The number of carbonyl (C=O) groups excluding carboxylic acids is 1. The van der Waals surface area contributed by atoms with Gasteiger partial charge in [0, 0.05) is 5.56 Å². The van der Waals surface area contributed by atoms with Crippen LogP contribution in [0.15, 0.2) is 70.7 Å². The molecule has 0 fully saturated rings. The second-order valence-electron chi connectivity index (χ2n) is 7.05. The fraction of sp³-hybridized carbons (Fsp3) is 0.0909. The molecule has 0 radical (unpaired) electrons. The molecule has 0 aliphatic carbocycles. The summed E-state index contributed by atoms with van der Waals surface area (Å²) < 4.78 is 43.6. The lowest BCUT2D eigenvalue weighted by Crippen LogP contribution is -2.19. The molecule has 3 aromatic carbocycles. The van der Waals surface area contributed by atoms with Gasteiger partial charge in [-0.25, -0.2) is 13.8 Å². The van der Waals surface area contributed by atoms with Crippen molar-refractivity contribution in [2.45, 2.75) is 4.90 Å². The Bertz CT molecular complexity index is 1440. The lowest BCUT2D eigenvalue weighted by Gasteiger charge is -2.12. The predicted octanol–water partition coefficient (Wildman–Crippen LogP) is 2.90. The Labute approximate surface area is 199 Å². The van der Waals surface area contributed by atoms with Gasteiger partial charge in [0.05, 0.1) is 40.5 Å². The van der Waals surface area contributed by atoms with E-state index in [9.17, 15) is 23.3 Å². The van der Waals surface area contributed by atoms with Gasteiger partial charge in [0.1, 0.15) is 5.75 Å². The zero-order valence-electron chi connectivity index (χ0n) is 18.1. The molecule has 2 N–H and O–H groups in total. The van der Waals surface area contributed by atoms with Crippen LogP contribution in [0, 0.1) is 10.1 Å². The van der Waals surface area contributed by atoms with Crippen LogP contribution in [0.25, 0.3) is 0 Å². The van der Waals surface area contributed by atoms with Gasteiger partial charge >= 0.3 is 0 Å².